The molecule has 1 fully saturated rings. The van der Waals surface area contributed by atoms with Gasteiger partial charge in [-0.25, -0.2) is 4.39 Å². The minimum absolute atomic E-state index is 0.0333. The van der Waals surface area contributed by atoms with Gasteiger partial charge in [-0.2, -0.15) is 0 Å². The summed E-state index contributed by atoms with van der Waals surface area (Å²) < 4.78 is 18.3. The van der Waals surface area contributed by atoms with Crippen LogP contribution in [0.15, 0.2) is 24.3 Å². The van der Waals surface area contributed by atoms with E-state index in [1.807, 2.05) is 6.92 Å². The molecule has 3 atom stereocenters. The van der Waals surface area contributed by atoms with Gasteiger partial charge in [0.1, 0.15) is 11.9 Å². The van der Waals surface area contributed by atoms with E-state index < -0.39 is 6.10 Å². The fourth-order valence-corrected chi connectivity index (χ4v) is 2.49. The Kier molecular flexibility index (Phi) is 5.31. The summed E-state index contributed by atoms with van der Waals surface area (Å²) in [6.07, 6.45) is -0.531. The van der Waals surface area contributed by atoms with Gasteiger partial charge in [-0.15, -0.1) is 0 Å². The van der Waals surface area contributed by atoms with Crippen LogP contribution in [0, 0.1) is 5.82 Å². The molecule has 0 bridgehead atoms. The molecule has 0 unspecified atom stereocenters. The molecule has 1 heterocycles. The maximum absolute atomic E-state index is 12.9. The molecule has 1 aromatic rings. The average molecular weight is 295 g/mol. The monoisotopic (exact) mass is 295 g/mol. The number of benzene rings is 1. The fourth-order valence-electron chi connectivity index (χ4n) is 2.49. The number of morpholine rings is 1. The number of halogens is 1. The Balaban J connectivity index is 1.92. The highest BCUT2D eigenvalue weighted by Gasteiger charge is 2.27. The molecule has 1 saturated heterocycles. The predicted molar refractivity (Wildman–Crippen MR) is 77.4 cm³/mol. The van der Waals surface area contributed by atoms with Crippen LogP contribution in [0.5, 0.6) is 0 Å². The van der Waals surface area contributed by atoms with Gasteiger partial charge in [-0.1, -0.05) is 19.1 Å². The number of rotatable bonds is 4. The summed E-state index contributed by atoms with van der Waals surface area (Å²) in [5.74, 6) is -0.197. The fraction of sp³-hybridized carbons (Fsp3) is 0.562. The van der Waals surface area contributed by atoms with E-state index in [1.54, 1.807) is 24.0 Å². The predicted octanol–water partition coefficient (Wildman–Crippen LogP) is 1.93. The molecule has 1 N–H and O–H groups in total. The topological polar surface area (TPSA) is 49.8 Å². The number of carbonyl (C=O) groups is 1. The van der Waals surface area contributed by atoms with Crippen LogP contribution in [0.2, 0.25) is 0 Å². The highest BCUT2D eigenvalue weighted by molar-refractivity contribution is 5.77. The van der Waals surface area contributed by atoms with Gasteiger partial charge >= 0.3 is 0 Å². The molecule has 1 aliphatic rings. The Labute approximate surface area is 124 Å². The van der Waals surface area contributed by atoms with Crippen molar-refractivity contribution in [2.24, 2.45) is 0 Å². The third-order valence-corrected chi connectivity index (χ3v) is 3.90. The first-order chi connectivity index (χ1) is 9.97. The molecule has 0 radical (unpaired) electrons. The normalized spacial score (nSPS) is 21.9. The Morgan fingerprint density at radius 1 is 1.43 bits per heavy atom. The van der Waals surface area contributed by atoms with Crippen LogP contribution in [0.1, 0.15) is 31.7 Å². The molecule has 0 spiro atoms. The first kappa shape index (κ1) is 15.9. The second-order valence-corrected chi connectivity index (χ2v) is 5.65. The third kappa shape index (κ3) is 4.25. The molecule has 0 saturated carbocycles. The van der Waals surface area contributed by atoms with E-state index in [4.69, 9.17) is 4.74 Å². The first-order valence-corrected chi connectivity index (χ1v) is 7.30. The lowest BCUT2D eigenvalue weighted by Gasteiger charge is -2.34. The van der Waals surface area contributed by atoms with Gasteiger partial charge in [0.2, 0.25) is 5.91 Å². The molecule has 1 amide bonds. The summed E-state index contributed by atoms with van der Waals surface area (Å²) in [5, 5.41) is 9.56. The summed E-state index contributed by atoms with van der Waals surface area (Å²) in [4.78, 5) is 14.1. The van der Waals surface area contributed by atoms with E-state index in [0.29, 0.717) is 26.1 Å². The minimum atomic E-state index is -0.588. The van der Waals surface area contributed by atoms with Gasteiger partial charge < -0.3 is 14.7 Å². The van der Waals surface area contributed by atoms with Gasteiger partial charge in [-0.05, 0) is 30.5 Å². The van der Waals surface area contributed by atoms with Gasteiger partial charge in [0.15, 0.2) is 0 Å². The molecule has 116 valence electrons. The molecule has 0 aliphatic carbocycles. The number of amides is 1. The van der Waals surface area contributed by atoms with Crippen LogP contribution in [0.4, 0.5) is 4.39 Å². The van der Waals surface area contributed by atoms with Crippen molar-refractivity contribution in [2.75, 3.05) is 19.7 Å². The molecular formula is C16H22FNO3. The van der Waals surface area contributed by atoms with E-state index in [2.05, 4.69) is 0 Å². The SMILES string of the molecule is C[C@H](CC(=O)N1CCO[C@@H]([C@H](C)O)C1)c1ccc(F)cc1. The summed E-state index contributed by atoms with van der Waals surface area (Å²) in [5.41, 5.74) is 0.949. The highest BCUT2D eigenvalue weighted by Crippen LogP contribution is 2.21. The number of hydrogen-bond acceptors (Lipinski definition) is 3. The number of ether oxygens (including phenoxy) is 1. The molecule has 5 heteroatoms. The van der Waals surface area contributed by atoms with Gasteiger partial charge in [-0.3, -0.25) is 4.79 Å². The molecule has 0 aromatic heterocycles. The Bertz CT molecular complexity index is 475. The molecule has 2 rings (SSSR count). The zero-order chi connectivity index (χ0) is 15.4. The number of hydrogen-bond donors (Lipinski definition) is 1. The van der Waals surface area contributed by atoms with E-state index in [9.17, 15) is 14.3 Å². The lowest BCUT2D eigenvalue weighted by atomic mass is 9.97. The van der Waals surface area contributed by atoms with E-state index >= 15 is 0 Å². The lowest BCUT2D eigenvalue weighted by Crippen LogP contribution is -2.49. The van der Waals surface area contributed by atoms with Gasteiger partial charge in [0.05, 0.1) is 12.7 Å². The lowest BCUT2D eigenvalue weighted by molar-refractivity contribution is -0.143. The number of nitrogens with zero attached hydrogens (tertiary/aromatic N) is 1. The van der Waals surface area contributed by atoms with Crippen LogP contribution in [0.3, 0.4) is 0 Å². The zero-order valence-electron chi connectivity index (χ0n) is 12.5. The van der Waals surface area contributed by atoms with E-state index in [-0.39, 0.29) is 23.7 Å². The average Bonchev–Trinajstić information content (AvgIpc) is 2.48. The smallest absolute Gasteiger partial charge is 0.223 e. The van der Waals surface area contributed by atoms with Crippen molar-refractivity contribution in [1.29, 1.82) is 0 Å². The van der Waals surface area contributed by atoms with E-state index in [0.717, 1.165) is 5.56 Å². The van der Waals surface area contributed by atoms with Crippen molar-refractivity contribution in [3.8, 4) is 0 Å². The largest absolute Gasteiger partial charge is 0.391 e. The highest BCUT2D eigenvalue weighted by atomic mass is 19.1. The van der Waals surface area contributed by atoms with Crippen molar-refractivity contribution in [3.63, 3.8) is 0 Å². The molecule has 21 heavy (non-hydrogen) atoms. The Morgan fingerprint density at radius 2 is 2.10 bits per heavy atom. The van der Waals surface area contributed by atoms with Crippen LogP contribution in [0.25, 0.3) is 0 Å². The third-order valence-electron chi connectivity index (χ3n) is 3.90. The Morgan fingerprint density at radius 3 is 2.71 bits per heavy atom. The van der Waals surface area contributed by atoms with Crippen LogP contribution >= 0.6 is 0 Å². The molecule has 1 aromatic carbocycles. The van der Waals surface area contributed by atoms with Crippen molar-refractivity contribution >= 4 is 5.91 Å². The van der Waals surface area contributed by atoms with Crippen LogP contribution < -0.4 is 0 Å². The summed E-state index contributed by atoms with van der Waals surface area (Å²) in [6.45, 7) is 5.05. The number of aliphatic hydroxyl groups excluding tert-OH is 1. The summed E-state index contributed by atoms with van der Waals surface area (Å²) >= 11 is 0. The van der Waals surface area contributed by atoms with Crippen LogP contribution in [-0.2, 0) is 9.53 Å². The summed E-state index contributed by atoms with van der Waals surface area (Å²) in [6, 6.07) is 6.25. The minimum Gasteiger partial charge on any atom is -0.391 e. The second-order valence-electron chi connectivity index (χ2n) is 5.65. The Hall–Kier alpha value is -1.46. The van der Waals surface area contributed by atoms with Crippen LogP contribution in [-0.4, -0.2) is 47.8 Å². The molecule has 1 aliphatic heterocycles. The molecule has 4 nitrogen and oxygen atoms in total. The maximum Gasteiger partial charge on any atom is 0.223 e. The van der Waals surface area contributed by atoms with E-state index in [1.165, 1.54) is 12.1 Å². The van der Waals surface area contributed by atoms with Crippen molar-refractivity contribution in [1.82, 2.24) is 4.90 Å². The number of carbonyl (C=O) groups excluding carboxylic acids is 1. The quantitative estimate of drug-likeness (QED) is 0.923. The van der Waals surface area contributed by atoms with Crippen molar-refractivity contribution in [3.05, 3.63) is 35.6 Å². The van der Waals surface area contributed by atoms with Gasteiger partial charge in [0, 0.05) is 19.5 Å². The number of aliphatic hydroxyl groups is 1. The van der Waals surface area contributed by atoms with Gasteiger partial charge in [0.25, 0.3) is 0 Å². The standard InChI is InChI=1S/C16H22FNO3/c1-11(13-3-5-14(17)6-4-13)9-16(20)18-7-8-21-15(10-18)12(2)19/h3-6,11-12,15,19H,7-10H2,1-2H3/t11-,12+,15-/m1/s1. The molecular weight excluding hydrogens is 273 g/mol. The van der Waals surface area contributed by atoms with Crippen molar-refractivity contribution < 1.29 is 19.0 Å². The summed E-state index contributed by atoms with van der Waals surface area (Å²) in [7, 11) is 0. The first-order valence-electron chi connectivity index (χ1n) is 7.30. The maximum atomic E-state index is 12.9. The van der Waals surface area contributed by atoms with Crippen molar-refractivity contribution in [2.45, 2.75) is 38.4 Å². The second kappa shape index (κ2) is 7.00. The zero-order valence-corrected chi connectivity index (χ0v) is 12.5.